The van der Waals surface area contributed by atoms with Crippen molar-refractivity contribution in [1.29, 1.82) is 0 Å². The van der Waals surface area contributed by atoms with Crippen LogP contribution in [0, 0.1) is 6.92 Å². The molecule has 15 heavy (non-hydrogen) atoms. The van der Waals surface area contributed by atoms with E-state index in [0.29, 0.717) is 19.7 Å². The van der Waals surface area contributed by atoms with Crippen LogP contribution in [0.4, 0.5) is 0 Å². The molecule has 0 radical (unpaired) electrons. The fourth-order valence-electron chi connectivity index (χ4n) is 1.63. The summed E-state index contributed by atoms with van der Waals surface area (Å²) in [4.78, 5) is 13.3. The van der Waals surface area contributed by atoms with Crippen LogP contribution in [0.2, 0.25) is 0 Å². The van der Waals surface area contributed by atoms with E-state index in [9.17, 15) is 4.79 Å². The van der Waals surface area contributed by atoms with Crippen LogP contribution >= 0.6 is 0 Å². The molecule has 0 spiro atoms. The average molecular weight is 205 g/mol. The minimum atomic E-state index is 0.0850. The zero-order chi connectivity index (χ0) is 10.7. The fourth-order valence-corrected chi connectivity index (χ4v) is 1.63. The van der Waals surface area contributed by atoms with E-state index in [1.165, 1.54) is 11.1 Å². The number of benzene rings is 1. The van der Waals surface area contributed by atoms with Crippen molar-refractivity contribution in [1.82, 2.24) is 4.90 Å². The highest BCUT2D eigenvalue weighted by molar-refractivity contribution is 5.77. The molecule has 1 heterocycles. The maximum absolute atomic E-state index is 11.5. The molecule has 1 aliphatic rings. The van der Waals surface area contributed by atoms with Crippen molar-refractivity contribution in [2.45, 2.75) is 13.5 Å². The summed E-state index contributed by atoms with van der Waals surface area (Å²) < 4.78 is 5.08. The van der Waals surface area contributed by atoms with Crippen molar-refractivity contribution >= 4 is 5.91 Å². The Hall–Kier alpha value is -1.35. The monoisotopic (exact) mass is 205 g/mol. The normalized spacial score (nSPS) is 16.9. The first-order chi connectivity index (χ1) is 7.25. The molecule has 2 rings (SSSR count). The predicted octanol–water partition coefficient (Wildman–Crippen LogP) is 1.35. The van der Waals surface area contributed by atoms with E-state index in [2.05, 4.69) is 31.2 Å². The van der Waals surface area contributed by atoms with Crippen molar-refractivity contribution < 1.29 is 9.53 Å². The molecule has 0 unspecified atom stereocenters. The Morgan fingerprint density at radius 3 is 2.73 bits per heavy atom. The first kappa shape index (κ1) is 10.2. The Balaban J connectivity index is 2.01. The summed E-state index contributed by atoms with van der Waals surface area (Å²) in [5.74, 6) is 0.0850. The quantitative estimate of drug-likeness (QED) is 0.729. The molecule has 0 saturated carbocycles. The van der Waals surface area contributed by atoms with Crippen LogP contribution in [0.3, 0.4) is 0 Å². The maximum atomic E-state index is 11.5. The standard InChI is InChI=1S/C12H15NO2/c1-10-2-4-11(5-3-10)8-13-6-7-15-9-12(13)14/h2-5H,6-9H2,1H3. The van der Waals surface area contributed by atoms with Crippen molar-refractivity contribution in [3.63, 3.8) is 0 Å². The minimum Gasteiger partial charge on any atom is -0.370 e. The van der Waals surface area contributed by atoms with Gasteiger partial charge < -0.3 is 9.64 Å². The first-order valence-electron chi connectivity index (χ1n) is 5.17. The molecule has 1 fully saturated rings. The number of hydrogen-bond acceptors (Lipinski definition) is 2. The number of aryl methyl sites for hydroxylation is 1. The van der Waals surface area contributed by atoms with Crippen LogP contribution in [0.5, 0.6) is 0 Å². The Morgan fingerprint density at radius 2 is 2.07 bits per heavy atom. The van der Waals surface area contributed by atoms with Crippen molar-refractivity contribution in [2.24, 2.45) is 0 Å². The number of morpholine rings is 1. The Bertz CT molecular complexity index is 345. The molecule has 1 amide bonds. The summed E-state index contributed by atoms with van der Waals surface area (Å²) in [5.41, 5.74) is 2.42. The lowest BCUT2D eigenvalue weighted by atomic mass is 10.1. The van der Waals surface area contributed by atoms with Crippen molar-refractivity contribution in [3.8, 4) is 0 Å². The molecular formula is C12H15NO2. The highest BCUT2D eigenvalue weighted by Crippen LogP contribution is 2.09. The molecule has 1 aliphatic heterocycles. The zero-order valence-corrected chi connectivity index (χ0v) is 8.90. The van der Waals surface area contributed by atoms with E-state index in [-0.39, 0.29) is 12.5 Å². The van der Waals surface area contributed by atoms with E-state index < -0.39 is 0 Å². The Kier molecular flexibility index (Phi) is 3.02. The molecule has 0 aliphatic carbocycles. The molecule has 3 nitrogen and oxygen atoms in total. The average Bonchev–Trinajstić information content (AvgIpc) is 2.25. The second-order valence-corrected chi connectivity index (χ2v) is 3.85. The van der Waals surface area contributed by atoms with Gasteiger partial charge in [0.05, 0.1) is 6.61 Å². The molecule has 1 saturated heterocycles. The molecule has 1 aromatic carbocycles. The maximum Gasteiger partial charge on any atom is 0.248 e. The summed E-state index contributed by atoms with van der Waals surface area (Å²) in [6.07, 6.45) is 0. The van der Waals surface area contributed by atoms with Crippen molar-refractivity contribution in [2.75, 3.05) is 19.8 Å². The summed E-state index contributed by atoms with van der Waals surface area (Å²) in [6, 6.07) is 8.27. The first-order valence-corrected chi connectivity index (χ1v) is 5.17. The molecule has 1 aromatic rings. The van der Waals surface area contributed by atoms with E-state index >= 15 is 0 Å². The number of rotatable bonds is 2. The smallest absolute Gasteiger partial charge is 0.248 e. The van der Waals surface area contributed by atoms with Gasteiger partial charge in [-0.25, -0.2) is 0 Å². The summed E-state index contributed by atoms with van der Waals surface area (Å²) in [5, 5.41) is 0. The number of ether oxygens (including phenoxy) is 1. The number of carbonyl (C=O) groups excluding carboxylic acids is 1. The van der Waals surface area contributed by atoms with Crippen LogP contribution < -0.4 is 0 Å². The molecule has 0 N–H and O–H groups in total. The second kappa shape index (κ2) is 4.45. The second-order valence-electron chi connectivity index (χ2n) is 3.85. The predicted molar refractivity (Wildman–Crippen MR) is 57.4 cm³/mol. The van der Waals surface area contributed by atoms with Gasteiger partial charge >= 0.3 is 0 Å². The molecule has 3 heteroatoms. The van der Waals surface area contributed by atoms with E-state index in [1.807, 2.05) is 4.90 Å². The lowest BCUT2D eigenvalue weighted by molar-refractivity contribution is -0.143. The highest BCUT2D eigenvalue weighted by atomic mass is 16.5. The highest BCUT2D eigenvalue weighted by Gasteiger charge is 2.18. The SMILES string of the molecule is Cc1ccc(CN2CCOCC2=O)cc1. The van der Waals surface area contributed by atoms with Crippen LogP contribution in [0.25, 0.3) is 0 Å². The topological polar surface area (TPSA) is 29.5 Å². The number of hydrogen-bond donors (Lipinski definition) is 0. The van der Waals surface area contributed by atoms with Gasteiger partial charge in [0, 0.05) is 13.1 Å². The van der Waals surface area contributed by atoms with Crippen LogP contribution in [-0.4, -0.2) is 30.6 Å². The molecular weight excluding hydrogens is 190 g/mol. The lowest BCUT2D eigenvalue weighted by Crippen LogP contribution is -2.40. The Labute approximate surface area is 89.7 Å². The van der Waals surface area contributed by atoms with Gasteiger partial charge in [-0.05, 0) is 12.5 Å². The van der Waals surface area contributed by atoms with Gasteiger partial charge in [0.25, 0.3) is 0 Å². The third-order valence-corrected chi connectivity index (χ3v) is 2.58. The van der Waals surface area contributed by atoms with E-state index in [1.54, 1.807) is 0 Å². The lowest BCUT2D eigenvalue weighted by Gasteiger charge is -2.26. The zero-order valence-electron chi connectivity index (χ0n) is 8.90. The summed E-state index contributed by atoms with van der Waals surface area (Å²) in [7, 11) is 0. The molecule has 0 atom stereocenters. The molecule has 80 valence electrons. The largest absolute Gasteiger partial charge is 0.370 e. The third-order valence-electron chi connectivity index (χ3n) is 2.58. The van der Waals surface area contributed by atoms with Gasteiger partial charge in [-0.2, -0.15) is 0 Å². The molecule has 0 aromatic heterocycles. The van der Waals surface area contributed by atoms with Gasteiger partial charge in [0.1, 0.15) is 6.61 Å². The Morgan fingerprint density at radius 1 is 1.33 bits per heavy atom. The number of amides is 1. The molecule has 0 bridgehead atoms. The summed E-state index contributed by atoms with van der Waals surface area (Å²) in [6.45, 7) is 4.34. The van der Waals surface area contributed by atoms with Gasteiger partial charge in [-0.15, -0.1) is 0 Å². The minimum absolute atomic E-state index is 0.0850. The third kappa shape index (κ3) is 2.57. The fraction of sp³-hybridized carbons (Fsp3) is 0.417. The summed E-state index contributed by atoms with van der Waals surface area (Å²) >= 11 is 0. The van der Waals surface area contributed by atoms with Crippen molar-refractivity contribution in [3.05, 3.63) is 35.4 Å². The number of carbonyl (C=O) groups is 1. The number of nitrogens with zero attached hydrogens (tertiary/aromatic N) is 1. The van der Waals surface area contributed by atoms with Crippen LogP contribution in [0.15, 0.2) is 24.3 Å². The van der Waals surface area contributed by atoms with Crippen LogP contribution in [0.1, 0.15) is 11.1 Å². The van der Waals surface area contributed by atoms with Gasteiger partial charge in [-0.3, -0.25) is 4.79 Å². The van der Waals surface area contributed by atoms with Gasteiger partial charge in [-0.1, -0.05) is 29.8 Å². The van der Waals surface area contributed by atoms with E-state index in [4.69, 9.17) is 4.74 Å². The van der Waals surface area contributed by atoms with Crippen LogP contribution in [-0.2, 0) is 16.1 Å². The van der Waals surface area contributed by atoms with E-state index in [0.717, 1.165) is 0 Å². The van der Waals surface area contributed by atoms with Gasteiger partial charge in [0.15, 0.2) is 0 Å². The van der Waals surface area contributed by atoms with Gasteiger partial charge in [0.2, 0.25) is 5.91 Å².